The summed E-state index contributed by atoms with van der Waals surface area (Å²) in [5.74, 6) is 4.12. The van der Waals surface area contributed by atoms with Gasteiger partial charge in [0.05, 0.1) is 49.3 Å². The molecule has 0 aromatic heterocycles. The lowest BCUT2D eigenvalue weighted by Crippen LogP contribution is -2.26. The first-order valence-corrected chi connectivity index (χ1v) is 9.20. The number of anilines is 2. The summed E-state index contributed by atoms with van der Waals surface area (Å²) in [7, 11) is 9.80. The maximum absolute atomic E-state index is 5.62. The van der Waals surface area contributed by atoms with E-state index in [9.17, 15) is 0 Å². The zero-order valence-electron chi connectivity index (χ0n) is 17.8. The number of benzene rings is 2. The van der Waals surface area contributed by atoms with Gasteiger partial charge in [0, 0.05) is 37.4 Å². The highest BCUT2D eigenvalue weighted by molar-refractivity contribution is 5.75. The number of ether oxygens (including phenoxy) is 6. The van der Waals surface area contributed by atoms with Crippen LogP contribution < -0.4 is 38.2 Å². The van der Waals surface area contributed by atoms with E-state index in [0.29, 0.717) is 41.2 Å². The van der Waals surface area contributed by atoms with Crippen molar-refractivity contribution in [1.29, 1.82) is 0 Å². The lowest BCUT2D eigenvalue weighted by molar-refractivity contribution is 0.375. The highest BCUT2D eigenvalue weighted by atomic mass is 16.5. The van der Waals surface area contributed by atoms with Gasteiger partial charge in [-0.25, -0.2) is 0 Å². The van der Waals surface area contributed by atoms with Crippen molar-refractivity contribution in [2.24, 2.45) is 0 Å². The molecule has 1 aliphatic heterocycles. The van der Waals surface area contributed by atoms with E-state index in [4.69, 9.17) is 28.4 Å². The third-order valence-electron chi connectivity index (χ3n) is 4.99. The zero-order valence-corrected chi connectivity index (χ0v) is 17.8. The monoisotopic (exact) mass is 404 g/mol. The molecule has 0 radical (unpaired) electrons. The second-order valence-corrected chi connectivity index (χ2v) is 6.43. The SMILES string of the molecule is COc1cc(OC)c(N2CCN(c3c(OC)cc(OC)cc3OC)C2)c(OC)c1. The van der Waals surface area contributed by atoms with E-state index in [1.807, 2.05) is 24.3 Å². The Bertz CT molecular complexity index is 738. The van der Waals surface area contributed by atoms with Crippen LogP contribution in [0.3, 0.4) is 0 Å². The molecule has 0 saturated carbocycles. The first-order valence-electron chi connectivity index (χ1n) is 9.20. The van der Waals surface area contributed by atoms with Crippen molar-refractivity contribution in [3.8, 4) is 34.5 Å². The van der Waals surface area contributed by atoms with E-state index in [-0.39, 0.29) is 0 Å². The van der Waals surface area contributed by atoms with E-state index in [2.05, 4.69) is 9.80 Å². The fourth-order valence-corrected chi connectivity index (χ4v) is 3.55. The number of hydrogen-bond acceptors (Lipinski definition) is 8. The smallest absolute Gasteiger partial charge is 0.149 e. The molecule has 3 rings (SSSR count). The average molecular weight is 404 g/mol. The molecule has 158 valence electrons. The van der Waals surface area contributed by atoms with Crippen LogP contribution in [0.1, 0.15) is 0 Å². The molecular weight excluding hydrogens is 376 g/mol. The number of nitrogens with zero attached hydrogens (tertiary/aromatic N) is 2. The summed E-state index contributed by atoms with van der Waals surface area (Å²) < 4.78 is 33.2. The Kier molecular flexibility index (Phi) is 6.31. The van der Waals surface area contributed by atoms with Gasteiger partial charge in [0.2, 0.25) is 0 Å². The number of rotatable bonds is 8. The number of methoxy groups -OCH3 is 6. The molecule has 0 N–H and O–H groups in total. The molecule has 8 heteroatoms. The average Bonchev–Trinajstić information content (AvgIpc) is 3.25. The van der Waals surface area contributed by atoms with Crippen LogP contribution in [-0.4, -0.2) is 62.4 Å². The van der Waals surface area contributed by atoms with Gasteiger partial charge in [0.25, 0.3) is 0 Å². The maximum atomic E-state index is 5.62. The Morgan fingerprint density at radius 3 is 1.07 bits per heavy atom. The number of hydrogen-bond donors (Lipinski definition) is 0. The molecule has 0 unspecified atom stereocenters. The van der Waals surface area contributed by atoms with Crippen molar-refractivity contribution in [3.05, 3.63) is 24.3 Å². The summed E-state index contributed by atoms with van der Waals surface area (Å²) in [4.78, 5) is 4.39. The second kappa shape index (κ2) is 8.89. The van der Waals surface area contributed by atoms with E-state index in [1.54, 1.807) is 42.7 Å². The van der Waals surface area contributed by atoms with E-state index in [1.165, 1.54) is 0 Å². The van der Waals surface area contributed by atoms with Crippen LogP contribution in [0.5, 0.6) is 34.5 Å². The van der Waals surface area contributed by atoms with Gasteiger partial charge in [0.15, 0.2) is 0 Å². The van der Waals surface area contributed by atoms with Crippen molar-refractivity contribution in [2.75, 3.05) is 72.2 Å². The fourth-order valence-electron chi connectivity index (χ4n) is 3.55. The highest BCUT2D eigenvalue weighted by Crippen LogP contribution is 2.46. The van der Waals surface area contributed by atoms with Gasteiger partial charge in [-0.05, 0) is 0 Å². The molecular formula is C21H28N2O6. The van der Waals surface area contributed by atoms with Gasteiger partial charge in [-0.3, -0.25) is 0 Å². The Morgan fingerprint density at radius 2 is 0.828 bits per heavy atom. The van der Waals surface area contributed by atoms with Crippen molar-refractivity contribution in [2.45, 2.75) is 0 Å². The van der Waals surface area contributed by atoms with Crippen molar-refractivity contribution >= 4 is 11.4 Å². The Balaban J connectivity index is 1.98. The van der Waals surface area contributed by atoms with Crippen LogP contribution in [-0.2, 0) is 0 Å². The second-order valence-electron chi connectivity index (χ2n) is 6.43. The summed E-state index contributed by atoms with van der Waals surface area (Å²) in [5.41, 5.74) is 1.76. The van der Waals surface area contributed by atoms with Crippen LogP contribution in [0.2, 0.25) is 0 Å². The molecule has 0 bridgehead atoms. The third-order valence-corrected chi connectivity index (χ3v) is 4.99. The molecule has 1 aliphatic rings. The van der Waals surface area contributed by atoms with E-state index < -0.39 is 0 Å². The van der Waals surface area contributed by atoms with E-state index in [0.717, 1.165) is 24.5 Å². The molecule has 0 spiro atoms. The van der Waals surface area contributed by atoms with E-state index >= 15 is 0 Å². The molecule has 29 heavy (non-hydrogen) atoms. The molecule has 1 fully saturated rings. The van der Waals surface area contributed by atoms with Gasteiger partial charge in [-0.2, -0.15) is 0 Å². The summed E-state index contributed by atoms with van der Waals surface area (Å²) in [6.45, 7) is 2.16. The minimum Gasteiger partial charge on any atom is -0.496 e. The third kappa shape index (κ3) is 3.87. The van der Waals surface area contributed by atoms with Gasteiger partial charge in [-0.1, -0.05) is 0 Å². The van der Waals surface area contributed by atoms with Crippen LogP contribution in [0, 0.1) is 0 Å². The van der Waals surface area contributed by atoms with Crippen molar-refractivity contribution in [1.82, 2.24) is 0 Å². The normalized spacial score (nSPS) is 13.3. The predicted octanol–water partition coefficient (Wildman–Crippen LogP) is 3.02. The van der Waals surface area contributed by atoms with Gasteiger partial charge in [-0.15, -0.1) is 0 Å². The van der Waals surface area contributed by atoms with Crippen LogP contribution in [0.25, 0.3) is 0 Å². The Hall–Kier alpha value is -3.16. The van der Waals surface area contributed by atoms with Gasteiger partial charge in [0.1, 0.15) is 45.9 Å². The summed E-state index contributed by atoms with van der Waals surface area (Å²) >= 11 is 0. The molecule has 8 nitrogen and oxygen atoms in total. The quantitative estimate of drug-likeness (QED) is 0.665. The minimum atomic E-state index is 0.609. The molecule has 2 aromatic carbocycles. The Labute approximate surface area is 171 Å². The predicted molar refractivity (Wildman–Crippen MR) is 112 cm³/mol. The van der Waals surface area contributed by atoms with Crippen LogP contribution >= 0.6 is 0 Å². The molecule has 0 amide bonds. The molecule has 1 heterocycles. The molecule has 0 atom stereocenters. The maximum Gasteiger partial charge on any atom is 0.149 e. The summed E-state index contributed by atoms with van der Waals surface area (Å²) in [6.07, 6.45) is 0. The standard InChI is InChI=1S/C21H28N2O6/c1-24-14-9-16(26-3)20(17(10-14)27-4)22-7-8-23(13-22)21-18(28-5)11-15(25-2)12-19(21)29-6/h9-12H,7-8,13H2,1-6H3. The van der Waals surface area contributed by atoms with Gasteiger partial charge < -0.3 is 38.2 Å². The van der Waals surface area contributed by atoms with Gasteiger partial charge >= 0.3 is 0 Å². The topological polar surface area (TPSA) is 61.9 Å². The molecule has 0 aliphatic carbocycles. The minimum absolute atomic E-state index is 0.609. The lowest BCUT2D eigenvalue weighted by atomic mass is 10.2. The van der Waals surface area contributed by atoms with Crippen molar-refractivity contribution < 1.29 is 28.4 Å². The zero-order chi connectivity index (χ0) is 21.0. The highest BCUT2D eigenvalue weighted by Gasteiger charge is 2.30. The van der Waals surface area contributed by atoms with Crippen LogP contribution in [0.15, 0.2) is 24.3 Å². The first kappa shape index (κ1) is 20.6. The van der Waals surface area contributed by atoms with Crippen LogP contribution in [0.4, 0.5) is 11.4 Å². The van der Waals surface area contributed by atoms with Crippen molar-refractivity contribution in [3.63, 3.8) is 0 Å². The Morgan fingerprint density at radius 1 is 0.517 bits per heavy atom. The fraction of sp³-hybridized carbons (Fsp3) is 0.429. The first-order chi connectivity index (χ1) is 14.1. The largest absolute Gasteiger partial charge is 0.496 e. The summed E-state index contributed by atoms with van der Waals surface area (Å²) in [6, 6.07) is 7.42. The molecule has 2 aromatic rings. The summed E-state index contributed by atoms with van der Waals surface area (Å²) in [5, 5.41) is 0. The molecule has 1 saturated heterocycles. The lowest BCUT2D eigenvalue weighted by Gasteiger charge is -2.27.